The Morgan fingerprint density at radius 3 is 2.31 bits per heavy atom. The van der Waals surface area contributed by atoms with Crippen LogP contribution in [0, 0.1) is 17.3 Å². The zero-order valence-corrected chi connectivity index (χ0v) is 34.9. The number of carbonyl (C=O) groups is 2. The molecule has 0 spiro atoms. The minimum Gasteiger partial charge on any atom is -0.507 e. The van der Waals surface area contributed by atoms with Crippen LogP contribution >= 0.6 is 0 Å². The van der Waals surface area contributed by atoms with Crippen molar-refractivity contribution in [2.24, 2.45) is 24.3 Å². The number of nitrogens with one attached hydrogen (secondary N) is 1. The highest BCUT2D eigenvalue weighted by Gasteiger charge is 2.60. The maximum Gasteiger partial charge on any atom is 0.265 e. The predicted molar refractivity (Wildman–Crippen MR) is 220 cm³/mol. The van der Waals surface area contributed by atoms with Gasteiger partial charge in [0.05, 0.1) is 30.3 Å². The molecule has 0 aromatic carbocycles. The second-order valence-electron chi connectivity index (χ2n) is 15.5. The number of pyridine rings is 1. The number of aryl methyl sites for hydroxylation is 1. The van der Waals surface area contributed by atoms with E-state index in [-0.39, 0.29) is 24.1 Å². The molecule has 320 valence electrons. The molecule has 14 heteroatoms. The predicted octanol–water partition coefficient (Wildman–Crippen LogP) is 3.09. The second-order valence-corrected chi connectivity index (χ2v) is 15.5. The van der Waals surface area contributed by atoms with E-state index in [1.165, 1.54) is 44.0 Å². The number of aliphatic hydroxyl groups is 5. The number of aromatic hydroxyl groups is 1. The minimum atomic E-state index is -2.34. The number of aliphatic hydroxyl groups excluding tert-OH is 4. The van der Waals surface area contributed by atoms with E-state index in [2.05, 4.69) is 5.32 Å². The van der Waals surface area contributed by atoms with Crippen LogP contribution in [0.3, 0.4) is 0 Å². The second kappa shape index (κ2) is 21.1. The molecule has 2 aliphatic rings. The van der Waals surface area contributed by atoms with Gasteiger partial charge >= 0.3 is 0 Å². The number of methoxy groups -OCH3 is 1. The van der Waals surface area contributed by atoms with Crippen molar-refractivity contribution < 1.29 is 54.4 Å². The Balaban J connectivity index is 1.61. The molecule has 0 aliphatic carbocycles. The summed E-state index contributed by atoms with van der Waals surface area (Å²) >= 11 is 0. The molecule has 14 nitrogen and oxygen atoms in total. The van der Waals surface area contributed by atoms with Gasteiger partial charge in [0, 0.05) is 38.2 Å². The molecule has 0 radical (unpaired) electrons. The van der Waals surface area contributed by atoms with E-state index in [0.717, 1.165) is 5.57 Å². The van der Waals surface area contributed by atoms with Crippen molar-refractivity contribution in [2.45, 2.75) is 110 Å². The normalized spacial score (nSPS) is 29.9. The number of aromatic nitrogens is 1. The van der Waals surface area contributed by atoms with Crippen LogP contribution in [0.25, 0.3) is 0 Å². The molecule has 3 rings (SSSR count). The van der Waals surface area contributed by atoms with E-state index in [1.807, 2.05) is 26.8 Å². The number of carbonyl (C=O) groups excluding carboxylic acids is 2. The fourth-order valence-corrected chi connectivity index (χ4v) is 7.27. The molecule has 0 bridgehead atoms. The smallest absolute Gasteiger partial charge is 0.265 e. The van der Waals surface area contributed by atoms with Crippen molar-refractivity contribution in [1.82, 2.24) is 9.88 Å². The number of ketones is 1. The first-order valence-corrected chi connectivity index (χ1v) is 19.5. The Kier molecular flexibility index (Phi) is 17.5. The van der Waals surface area contributed by atoms with Crippen molar-refractivity contribution in [3.63, 3.8) is 0 Å². The van der Waals surface area contributed by atoms with Crippen LogP contribution < -0.4 is 10.9 Å². The minimum absolute atomic E-state index is 0.0818. The Bertz CT molecular complexity index is 1860. The topological polar surface area (TPSA) is 217 Å². The molecule has 2 saturated heterocycles. The third-order valence-electron chi connectivity index (χ3n) is 11.0. The van der Waals surface area contributed by atoms with Gasteiger partial charge in [0.1, 0.15) is 35.7 Å². The summed E-state index contributed by atoms with van der Waals surface area (Å²) in [5.74, 6) is -5.51. The fourth-order valence-electron chi connectivity index (χ4n) is 7.27. The van der Waals surface area contributed by atoms with Gasteiger partial charge in [-0.2, -0.15) is 0 Å². The molecule has 7 N–H and O–H groups in total. The zero-order chi connectivity index (χ0) is 43.5. The van der Waals surface area contributed by atoms with E-state index in [9.17, 15) is 45.0 Å². The van der Waals surface area contributed by atoms with Crippen molar-refractivity contribution in [1.29, 1.82) is 0 Å². The highest BCUT2D eigenvalue weighted by Crippen LogP contribution is 2.44. The summed E-state index contributed by atoms with van der Waals surface area (Å²) in [4.78, 5) is 38.4. The van der Waals surface area contributed by atoms with Crippen LogP contribution in [0.5, 0.6) is 5.75 Å². The monoisotopic (exact) mass is 810 g/mol. The molecule has 2 fully saturated rings. The Hall–Kier alpha value is -4.25. The third kappa shape index (κ3) is 10.9. The highest BCUT2D eigenvalue weighted by atomic mass is 16.7. The summed E-state index contributed by atoms with van der Waals surface area (Å²) in [6.07, 6.45) is 13.0. The molecule has 1 aromatic heterocycles. The van der Waals surface area contributed by atoms with E-state index < -0.39 is 94.9 Å². The molecule has 0 saturated carbocycles. The van der Waals surface area contributed by atoms with Gasteiger partial charge in [-0.1, -0.05) is 101 Å². The molecule has 58 heavy (non-hydrogen) atoms. The van der Waals surface area contributed by atoms with E-state index >= 15 is 0 Å². The average Bonchev–Trinajstić information content (AvgIpc) is 3.46. The number of hydrogen-bond donors (Lipinski definition) is 7. The number of hydrogen-bond acceptors (Lipinski definition) is 12. The first kappa shape index (κ1) is 48.1. The number of ether oxygens (including phenoxy) is 3. The van der Waals surface area contributed by atoms with Crippen LogP contribution in [0.4, 0.5) is 0 Å². The van der Waals surface area contributed by atoms with Crippen LogP contribution in [-0.4, -0.2) is 115 Å². The summed E-state index contributed by atoms with van der Waals surface area (Å²) < 4.78 is 19.0. The largest absolute Gasteiger partial charge is 0.507 e. The van der Waals surface area contributed by atoms with Gasteiger partial charge < -0.3 is 54.7 Å². The Morgan fingerprint density at radius 2 is 1.67 bits per heavy atom. The number of allylic oxidation sites excluding steroid dienone is 10. The first-order valence-electron chi connectivity index (χ1n) is 19.5. The van der Waals surface area contributed by atoms with Crippen molar-refractivity contribution in [3.05, 3.63) is 112 Å². The van der Waals surface area contributed by atoms with Gasteiger partial charge in [-0.3, -0.25) is 14.4 Å². The standard InChI is InChI=1S/C44H62N2O12/c1-10-12-14-22-32-43(6,7)39(51)40(52)44(55,58-32)29(11-2)41(53)45-24-18-17-20-27(4)37(56-9)28(5)38-36(50)35(49)31(57-38)21-16-13-15-19-26(3)34(48)33-30(47)23-25-46(8)42(33)54/h10,12-23,25,28-29,31-32,35-40,47,49-52,55H,11,24H2,1-9H3,(H,45,53)/b12-10-,15-13+,18-17+,21-16+,22-14+,26-19+,27-20+/t28-,29-,31+,32+,35+,36+,37-,38+,39+,40-,44-/m1/s1. The molecule has 2 aliphatic heterocycles. The SMILES string of the molecule is C/C=C\C=C\[C@@H]1O[C@](O)([C@H](CC)C(=O)NC/C=C/C=C(\C)[C@@H](OC)[C@@H](C)[C@@H]2O[C@@H](/C=C/C=C/C=C(\C)C(=O)c3c(O)ccn(C)c3=O)[C@H](O)[C@@H]2O)[C@H](O)[C@H](O)C1(C)C. The Labute approximate surface area is 340 Å². The highest BCUT2D eigenvalue weighted by molar-refractivity contribution is 6.09. The van der Waals surface area contributed by atoms with E-state index in [4.69, 9.17) is 14.2 Å². The third-order valence-corrected chi connectivity index (χ3v) is 11.0. The van der Waals surface area contributed by atoms with Gasteiger partial charge in [0.25, 0.3) is 5.56 Å². The molecule has 0 unspecified atom stereocenters. The lowest BCUT2D eigenvalue weighted by molar-refractivity contribution is -0.359. The van der Waals surface area contributed by atoms with Gasteiger partial charge in [0.15, 0.2) is 5.78 Å². The van der Waals surface area contributed by atoms with Gasteiger partial charge in [-0.05, 0) is 44.4 Å². The quantitative estimate of drug-likeness (QED) is 0.0687. The van der Waals surface area contributed by atoms with E-state index in [1.54, 1.807) is 81.5 Å². The molecular formula is C44H62N2O12. The number of amides is 1. The van der Waals surface area contributed by atoms with Gasteiger partial charge in [-0.25, -0.2) is 0 Å². The number of rotatable bonds is 17. The van der Waals surface area contributed by atoms with Crippen molar-refractivity contribution in [2.75, 3.05) is 13.7 Å². The van der Waals surface area contributed by atoms with Gasteiger partial charge in [0.2, 0.25) is 11.7 Å². The molecule has 3 heterocycles. The molecule has 1 aromatic rings. The summed E-state index contributed by atoms with van der Waals surface area (Å²) in [6, 6.07) is 1.27. The van der Waals surface area contributed by atoms with E-state index in [0.29, 0.717) is 0 Å². The van der Waals surface area contributed by atoms with Crippen LogP contribution in [0.1, 0.15) is 65.2 Å². The molecule has 11 atom stereocenters. The lowest BCUT2D eigenvalue weighted by Crippen LogP contribution is -2.69. The fraction of sp³-hybridized carbons (Fsp3) is 0.523. The lowest BCUT2D eigenvalue weighted by Gasteiger charge is -2.53. The molecule has 1 amide bonds. The maximum atomic E-state index is 13.3. The number of nitrogens with zero attached hydrogens (tertiary/aromatic N) is 1. The summed E-state index contributed by atoms with van der Waals surface area (Å²) in [5.41, 5.74) is -0.881. The summed E-state index contributed by atoms with van der Waals surface area (Å²) in [7, 11) is 3.01. The van der Waals surface area contributed by atoms with Crippen LogP contribution in [0.15, 0.2) is 101 Å². The van der Waals surface area contributed by atoms with Crippen LogP contribution in [0.2, 0.25) is 0 Å². The summed E-state index contributed by atoms with van der Waals surface area (Å²) in [5, 5.41) is 68.0. The average molecular weight is 811 g/mol. The Morgan fingerprint density at radius 1 is 1.00 bits per heavy atom. The summed E-state index contributed by atoms with van der Waals surface area (Å²) in [6.45, 7) is 12.2. The van der Waals surface area contributed by atoms with Gasteiger partial charge in [-0.15, -0.1) is 0 Å². The maximum absolute atomic E-state index is 13.3. The molecular weight excluding hydrogens is 748 g/mol. The zero-order valence-electron chi connectivity index (χ0n) is 34.9. The lowest BCUT2D eigenvalue weighted by atomic mass is 9.71. The number of Topliss-reactive ketones (excluding diaryl/α,β-unsaturated/α-hetero) is 1. The van der Waals surface area contributed by atoms with Crippen molar-refractivity contribution >= 4 is 11.7 Å². The van der Waals surface area contributed by atoms with Crippen LogP contribution in [-0.2, 0) is 26.1 Å². The first-order chi connectivity index (χ1) is 27.3. The van der Waals surface area contributed by atoms with Crippen molar-refractivity contribution in [3.8, 4) is 5.75 Å².